The fourth-order valence-electron chi connectivity index (χ4n) is 4.17. The normalized spacial score (nSPS) is 16.6. The predicted octanol–water partition coefficient (Wildman–Crippen LogP) is 5.37. The molecular weight excluding hydrogens is 474 g/mol. The van der Waals surface area contributed by atoms with Crippen LogP contribution < -0.4 is 4.90 Å². The molecule has 2 aromatic carbocycles. The van der Waals surface area contributed by atoms with E-state index in [0.29, 0.717) is 21.3 Å². The van der Waals surface area contributed by atoms with Crippen LogP contribution in [0.2, 0.25) is 5.15 Å². The SMILES string of the molecule is O=C1C(n2cc(-c3ccc4cc(Cl)ncc4c3)nn2)CCc2c(F)cccc2N1CC(F)(F)F. The molecule has 0 aliphatic carbocycles. The molecule has 1 amide bonds. The topological polar surface area (TPSA) is 63.9 Å². The van der Waals surface area contributed by atoms with E-state index >= 15 is 0 Å². The maximum atomic E-state index is 14.4. The Labute approximate surface area is 195 Å². The number of aromatic nitrogens is 4. The summed E-state index contributed by atoms with van der Waals surface area (Å²) in [5.74, 6) is -1.47. The molecule has 6 nitrogen and oxygen atoms in total. The van der Waals surface area contributed by atoms with Crippen LogP contribution in [0.3, 0.4) is 0 Å². The molecule has 4 aromatic rings. The van der Waals surface area contributed by atoms with E-state index in [1.54, 1.807) is 18.3 Å². The van der Waals surface area contributed by atoms with Crippen molar-refractivity contribution in [3.8, 4) is 11.3 Å². The Bertz CT molecular complexity index is 1400. The van der Waals surface area contributed by atoms with Gasteiger partial charge in [0.2, 0.25) is 0 Å². The molecule has 0 radical (unpaired) electrons. The van der Waals surface area contributed by atoms with Gasteiger partial charge in [-0.05, 0) is 42.5 Å². The van der Waals surface area contributed by atoms with Gasteiger partial charge in [0.1, 0.15) is 29.3 Å². The zero-order valence-electron chi connectivity index (χ0n) is 17.4. The summed E-state index contributed by atoms with van der Waals surface area (Å²) >= 11 is 5.92. The number of carbonyl (C=O) groups is 1. The van der Waals surface area contributed by atoms with E-state index in [-0.39, 0.29) is 24.1 Å². The molecule has 1 aliphatic rings. The standard InChI is InChI=1S/C23H16ClF4N5O/c24-21-9-13-4-5-14(8-15(13)10-29-21)18-11-33(31-30-18)20-7-6-16-17(25)2-1-3-19(16)32(22(20)34)12-23(26,27)28/h1-5,8-11,20H,6-7,12H2. The third kappa shape index (κ3) is 4.21. The average molecular weight is 490 g/mol. The number of rotatable bonds is 3. The zero-order chi connectivity index (χ0) is 24.0. The van der Waals surface area contributed by atoms with Crippen LogP contribution in [-0.4, -0.2) is 38.6 Å². The summed E-state index contributed by atoms with van der Waals surface area (Å²) in [6.45, 7) is -1.53. The molecule has 0 N–H and O–H groups in total. The van der Waals surface area contributed by atoms with Crippen molar-refractivity contribution in [1.82, 2.24) is 20.0 Å². The minimum atomic E-state index is -4.66. The maximum Gasteiger partial charge on any atom is 0.406 e. The number of hydrogen-bond donors (Lipinski definition) is 0. The highest BCUT2D eigenvalue weighted by Crippen LogP contribution is 2.35. The molecule has 0 saturated heterocycles. The molecule has 1 aliphatic heterocycles. The first-order valence-electron chi connectivity index (χ1n) is 10.3. The number of pyridine rings is 1. The third-order valence-electron chi connectivity index (χ3n) is 5.75. The van der Waals surface area contributed by atoms with Crippen LogP contribution in [0.4, 0.5) is 23.2 Å². The van der Waals surface area contributed by atoms with Crippen molar-refractivity contribution in [3.05, 3.63) is 71.4 Å². The van der Waals surface area contributed by atoms with E-state index < -0.39 is 30.5 Å². The molecule has 3 heterocycles. The second kappa shape index (κ2) is 8.35. The fraction of sp³-hybridized carbons (Fsp3) is 0.217. The molecule has 174 valence electrons. The number of alkyl halides is 3. The Morgan fingerprint density at radius 2 is 1.94 bits per heavy atom. The number of hydrogen-bond acceptors (Lipinski definition) is 4. The molecule has 0 bridgehead atoms. The first-order valence-corrected chi connectivity index (χ1v) is 10.7. The number of carbonyl (C=O) groups excluding carboxylic acids is 1. The number of halogens is 5. The van der Waals surface area contributed by atoms with Gasteiger partial charge in [-0.25, -0.2) is 14.1 Å². The third-order valence-corrected chi connectivity index (χ3v) is 5.96. The highest BCUT2D eigenvalue weighted by atomic mass is 35.5. The number of nitrogens with zero attached hydrogens (tertiary/aromatic N) is 5. The number of amides is 1. The Morgan fingerprint density at radius 1 is 1.12 bits per heavy atom. The Morgan fingerprint density at radius 3 is 2.74 bits per heavy atom. The monoisotopic (exact) mass is 489 g/mol. The smallest absolute Gasteiger partial charge is 0.301 e. The van der Waals surface area contributed by atoms with Crippen LogP contribution in [0.5, 0.6) is 0 Å². The molecule has 11 heteroatoms. The Balaban J connectivity index is 1.50. The van der Waals surface area contributed by atoms with Crippen LogP contribution in [-0.2, 0) is 11.2 Å². The van der Waals surface area contributed by atoms with E-state index in [1.165, 1.54) is 29.1 Å². The Kier molecular flexibility index (Phi) is 5.47. The van der Waals surface area contributed by atoms with Gasteiger partial charge in [-0.15, -0.1) is 5.10 Å². The molecule has 1 unspecified atom stereocenters. The van der Waals surface area contributed by atoms with Gasteiger partial charge < -0.3 is 4.90 Å². The quantitative estimate of drug-likeness (QED) is 0.287. The van der Waals surface area contributed by atoms with Crippen molar-refractivity contribution in [2.75, 3.05) is 11.4 Å². The summed E-state index contributed by atoms with van der Waals surface area (Å²) in [5.41, 5.74) is 1.11. The molecule has 2 aromatic heterocycles. The van der Waals surface area contributed by atoms with Gasteiger partial charge in [-0.3, -0.25) is 4.79 Å². The first kappa shape index (κ1) is 22.3. The van der Waals surface area contributed by atoms with Crippen LogP contribution in [0.25, 0.3) is 22.0 Å². The lowest BCUT2D eigenvalue weighted by atomic mass is 10.1. The van der Waals surface area contributed by atoms with Crippen LogP contribution >= 0.6 is 11.6 Å². The van der Waals surface area contributed by atoms with Gasteiger partial charge in [-0.2, -0.15) is 13.2 Å². The highest BCUT2D eigenvalue weighted by molar-refractivity contribution is 6.30. The van der Waals surface area contributed by atoms with Gasteiger partial charge in [0.05, 0.1) is 11.9 Å². The lowest BCUT2D eigenvalue weighted by Gasteiger charge is -2.26. The maximum absolute atomic E-state index is 14.4. The second-order valence-electron chi connectivity index (χ2n) is 7.98. The molecule has 0 spiro atoms. The largest absolute Gasteiger partial charge is 0.406 e. The lowest BCUT2D eigenvalue weighted by Crippen LogP contribution is -2.42. The van der Waals surface area contributed by atoms with Crippen molar-refractivity contribution in [2.24, 2.45) is 0 Å². The molecule has 5 rings (SSSR count). The molecule has 1 atom stereocenters. The molecule has 0 fully saturated rings. The predicted molar refractivity (Wildman–Crippen MR) is 118 cm³/mol. The van der Waals surface area contributed by atoms with Gasteiger partial charge in [-0.1, -0.05) is 35.0 Å². The van der Waals surface area contributed by atoms with Crippen LogP contribution in [0.15, 0.2) is 54.9 Å². The van der Waals surface area contributed by atoms with Gasteiger partial charge in [0.15, 0.2) is 0 Å². The van der Waals surface area contributed by atoms with Crippen molar-refractivity contribution >= 4 is 34.0 Å². The minimum Gasteiger partial charge on any atom is -0.301 e. The van der Waals surface area contributed by atoms with E-state index in [0.717, 1.165) is 10.8 Å². The van der Waals surface area contributed by atoms with Crippen molar-refractivity contribution < 1.29 is 22.4 Å². The van der Waals surface area contributed by atoms with Crippen LogP contribution in [0.1, 0.15) is 18.0 Å². The summed E-state index contributed by atoms with van der Waals surface area (Å²) < 4.78 is 55.6. The molecular formula is C23H16ClF4N5O. The average Bonchev–Trinajstić information content (AvgIpc) is 3.22. The zero-order valence-corrected chi connectivity index (χ0v) is 18.2. The Hall–Kier alpha value is -3.53. The summed E-state index contributed by atoms with van der Waals surface area (Å²) in [7, 11) is 0. The molecule has 34 heavy (non-hydrogen) atoms. The summed E-state index contributed by atoms with van der Waals surface area (Å²) in [5, 5.41) is 10.2. The van der Waals surface area contributed by atoms with Gasteiger partial charge in [0, 0.05) is 22.7 Å². The van der Waals surface area contributed by atoms with E-state index in [1.807, 2.05) is 12.1 Å². The summed E-state index contributed by atoms with van der Waals surface area (Å²) in [6, 6.07) is 9.88. The molecule has 0 saturated carbocycles. The van der Waals surface area contributed by atoms with Gasteiger partial charge >= 0.3 is 6.18 Å². The summed E-state index contributed by atoms with van der Waals surface area (Å²) in [6.07, 6.45) is -1.40. The van der Waals surface area contributed by atoms with E-state index in [2.05, 4.69) is 15.3 Å². The van der Waals surface area contributed by atoms with E-state index in [9.17, 15) is 22.4 Å². The summed E-state index contributed by atoms with van der Waals surface area (Å²) in [4.78, 5) is 17.9. The second-order valence-corrected chi connectivity index (χ2v) is 8.37. The van der Waals surface area contributed by atoms with Gasteiger partial charge in [0.25, 0.3) is 5.91 Å². The van der Waals surface area contributed by atoms with Crippen molar-refractivity contribution in [2.45, 2.75) is 25.1 Å². The van der Waals surface area contributed by atoms with Crippen LogP contribution in [0, 0.1) is 5.82 Å². The number of benzene rings is 2. The number of fused-ring (bicyclic) bond motifs is 2. The van der Waals surface area contributed by atoms with E-state index in [4.69, 9.17) is 11.6 Å². The van der Waals surface area contributed by atoms with Crippen molar-refractivity contribution in [1.29, 1.82) is 0 Å². The number of anilines is 1. The van der Waals surface area contributed by atoms with Crippen molar-refractivity contribution in [3.63, 3.8) is 0 Å². The highest BCUT2D eigenvalue weighted by Gasteiger charge is 2.40. The first-order chi connectivity index (χ1) is 16.2. The lowest BCUT2D eigenvalue weighted by molar-refractivity contribution is -0.134. The fourth-order valence-corrected chi connectivity index (χ4v) is 4.34. The minimum absolute atomic E-state index is 0.0728.